The lowest BCUT2D eigenvalue weighted by molar-refractivity contribution is -0.385. The summed E-state index contributed by atoms with van der Waals surface area (Å²) in [7, 11) is -3.82. The van der Waals surface area contributed by atoms with Gasteiger partial charge in [-0.15, -0.1) is 0 Å². The molecule has 3 saturated carbocycles. The lowest BCUT2D eigenvalue weighted by Gasteiger charge is -2.27. The summed E-state index contributed by atoms with van der Waals surface area (Å²) in [5, 5.41) is 14.7. The van der Waals surface area contributed by atoms with Crippen molar-refractivity contribution in [3.63, 3.8) is 0 Å². The van der Waals surface area contributed by atoms with Gasteiger partial charge in [0.2, 0.25) is 10.0 Å². The van der Waals surface area contributed by atoms with Crippen LogP contribution in [0.15, 0.2) is 23.1 Å². The van der Waals surface area contributed by atoms with E-state index in [4.69, 9.17) is 4.74 Å². The van der Waals surface area contributed by atoms with Crippen LogP contribution in [0.5, 0.6) is 0 Å². The van der Waals surface area contributed by atoms with Gasteiger partial charge in [-0.1, -0.05) is 0 Å². The van der Waals surface area contributed by atoms with Crippen LogP contribution in [-0.2, 0) is 14.8 Å². The number of fused-ring (bicyclic) bond motifs is 5. The SMILES string of the molecule is O=[N+]([O-])c1ccc(NC2C3C4CCC(C4)C23)c(S(=O)(=O)N2CCOCC2)c1. The Bertz CT molecular complexity index is 867. The number of morpholine rings is 1. The van der Waals surface area contributed by atoms with Gasteiger partial charge in [-0.2, -0.15) is 4.31 Å². The highest BCUT2D eigenvalue weighted by molar-refractivity contribution is 7.89. The zero-order chi connectivity index (χ0) is 18.8. The van der Waals surface area contributed by atoms with Gasteiger partial charge in [0.25, 0.3) is 5.69 Å². The molecule has 5 rings (SSSR count). The number of rotatable bonds is 5. The van der Waals surface area contributed by atoms with E-state index in [0.717, 1.165) is 11.8 Å². The monoisotopic (exact) mass is 393 g/mol. The molecular formula is C18H23N3O5S. The number of nitrogens with one attached hydrogen (secondary N) is 1. The summed E-state index contributed by atoms with van der Waals surface area (Å²) < 4.78 is 33.0. The summed E-state index contributed by atoms with van der Waals surface area (Å²) in [6.45, 7) is 1.21. The molecule has 0 spiro atoms. The predicted octanol–water partition coefficient (Wildman–Crippen LogP) is 2.07. The van der Waals surface area contributed by atoms with Crippen molar-refractivity contribution in [2.45, 2.75) is 30.2 Å². The highest BCUT2D eigenvalue weighted by atomic mass is 32.2. The number of hydrogen-bond donors (Lipinski definition) is 1. The van der Waals surface area contributed by atoms with E-state index in [-0.39, 0.29) is 23.7 Å². The van der Waals surface area contributed by atoms with Gasteiger partial charge in [-0.25, -0.2) is 8.42 Å². The molecule has 1 saturated heterocycles. The van der Waals surface area contributed by atoms with Crippen molar-refractivity contribution in [2.24, 2.45) is 23.7 Å². The Hall–Kier alpha value is -1.71. The van der Waals surface area contributed by atoms with Gasteiger partial charge in [-0.3, -0.25) is 10.1 Å². The number of non-ortho nitro benzene ring substituents is 1. The number of anilines is 1. The van der Waals surface area contributed by atoms with Crippen LogP contribution in [0.4, 0.5) is 11.4 Å². The highest BCUT2D eigenvalue weighted by Gasteiger charge is 2.65. The first-order valence-corrected chi connectivity index (χ1v) is 11.0. The molecule has 1 heterocycles. The predicted molar refractivity (Wildman–Crippen MR) is 97.9 cm³/mol. The largest absolute Gasteiger partial charge is 0.381 e. The van der Waals surface area contributed by atoms with Crippen LogP contribution in [0, 0.1) is 33.8 Å². The third-order valence-electron chi connectivity index (χ3n) is 6.82. The van der Waals surface area contributed by atoms with E-state index in [0.29, 0.717) is 36.8 Å². The van der Waals surface area contributed by atoms with Gasteiger partial charge in [0.05, 0.1) is 23.8 Å². The Morgan fingerprint density at radius 3 is 2.44 bits per heavy atom. The molecule has 1 N–H and O–H groups in total. The molecule has 0 radical (unpaired) electrons. The Kier molecular flexibility index (Phi) is 3.96. The minimum absolute atomic E-state index is 0.0101. The van der Waals surface area contributed by atoms with Gasteiger partial charge in [0.1, 0.15) is 4.90 Å². The molecule has 9 heteroatoms. The summed E-state index contributed by atoms with van der Waals surface area (Å²) in [4.78, 5) is 10.7. The van der Waals surface area contributed by atoms with E-state index in [9.17, 15) is 18.5 Å². The van der Waals surface area contributed by atoms with E-state index in [1.54, 1.807) is 6.07 Å². The van der Waals surface area contributed by atoms with Crippen molar-refractivity contribution in [1.29, 1.82) is 0 Å². The van der Waals surface area contributed by atoms with Crippen molar-refractivity contribution in [2.75, 3.05) is 31.6 Å². The van der Waals surface area contributed by atoms with Gasteiger partial charge in [0.15, 0.2) is 0 Å². The summed E-state index contributed by atoms with van der Waals surface area (Å²) in [6, 6.07) is 4.44. The fourth-order valence-corrected chi connectivity index (χ4v) is 7.16. The van der Waals surface area contributed by atoms with Crippen LogP contribution >= 0.6 is 0 Å². The van der Waals surface area contributed by atoms with Crippen LogP contribution < -0.4 is 5.32 Å². The molecule has 8 nitrogen and oxygen atoms in total. The minimum atomic E-state index is -3.82. The summed E-state index contributed by atoms with van der Waals surface area (Å²) in [5.41, 5.74) is 0.286. The smallest absolute Gasteiger partial charge is 0.270 e. The Morgan fingerprint density at radius 2 is 1.81 bits per heavy atom. The third-order valence-corrected chi connectivity index (χ3v) is 8.76. The molecule has 2 bridgehead atoms. The molecule has 146 valence electrons. The third kappa shape index (κ3) is 2.75. The van der Waals surface area contributed by atoms with Crippen LogP contribution in [0.25, 0.3) is 0 Å². The first kappa shape index (κ1) is 17.4. The second-order valence-corrected chi connectivity index (χ2v) is 10.0. The van der Waals surface area contributed by atoms with Gasteiger partial charge in [0, 0.05) is 31.3 Å². The molecule has 4 atom stereocenters. The van der Waals surface area contributed by atoms with Crippen molar-refractivity contribution in [1.82, 2.24) is 4.31 Å². The molecule has 1 aliphatic heterocycles. The number of ether oxygens (including phenoxy) is 1. The molecule has 1 aromatic rings. The second-order valence-electron chi connectivity index (χ2n) is 8.11. The van der Waals surface area contributed by atoms with E-state index >= 15 is 0 Å². The van der Waals surface area contributed by atoms with E-state index < -0.39 is 14.9 Å². The zero-order valence-corrected chi connectivity index (χ0v) is 15.7. The van der Waals surface area contributed by atoms with Crippen molar-refractivity contribution < 1.29 is 18.1 Å². The molecule has 4 unspecified atom stereocenters. The molecule has 4 aliphatic rings. The molecule has 0 amide bonds. The van der Waals surface area contributed by atoms with Gasteiger partial charge >= 0.3 is 0 Å². The lowest BCUT2D eigenvalue weighted by Crippen LogP contribution is -2.40. The Balaban J connectivity index is 1.47. The highest BCUT2D eigenvalue weighted by Crippen LogP contribution is 2.66. The van der Waals surface area contributed by atoms with Gasteiger partial charge in [-0.05, 0) is 49.0 Å². The van der Waals surface area contributed by atoms with Crippen molar-refractivity contribution in [3.8, 4) is 0 Å². The normalized spacial score (nSPS) is 35.0. The van der Waals surface area contributed by atoms with E-state index in [1.165, 1.54) is 35.7 Å². The van der Waals surface area contributed by atoms with Crippen LogP contribution in [0.3, 0.4) is 0 Å². The summed E-state index contributed by atoms with van der Waals surface area (Å²) in [6.07, 6.45) is 3.87. The molecular weight excluding hydrogens is 370 g/mol. The van der Waals surface area contributed by atoms with Crippen molar-refractivity contribution >= 4 is 21.4 Å². The molecule has 27 heavy (non-hydrogen) atoms. The number of sulfonamides is 1. The maximum Gasteiger partial charge on any atom is 0.270 e. The summed E-state index contributed by atoms with van der Waals surface area (Å²) in [5.74, 6) is 2.79. The number of hydrogen-bond acceptors (Lipinski definition) is 6. The topological polar surface area (TPSA) is 102 Å². The quantitative estimate of drug-likeness (QED) is 0.607. The maximum atomic E-state index is 13.2. The maximum absolute atomic E-state index is 13.2. The average molecular weight is 393 g/mol. The number of nitrogens with zero attached hydrogens (tertiary/aromatic N) is 2. The standard InChI is InChI=1S/C18H23N3O5S/c22-21(23)13-3-4-14(19-18-16-11-1-2-12(9-11)17(16)18)15(10-13)27(24,25)20-5-7-26-8-6-20/h3-4,10-12,16-19H,1-2,5-9H2. The van der Waals surface area contributed by atoms with Crippen LogP contribution in [0.1, 0.15) is 19.3 Å². The van der Waals surface area contributed by atoms with Crippen LogP contribution in [-0.4, -0.2) is 50.0 Å². The van der Waals surface area contributed by atoms with Crippen molar-refractivity contribution in [3.05, 3.63) is 28.3 Å². The Morgan fingerprint density at radius 1 is 1.15 bits per heavy atom. The summed E-state index contributed by atoms with van der Waals surface area (Å²) >= 11 is 0. The first-order valence-electron chi connectivity index (χ1n) is 9.59. The van der Waals surface area contributed by atoms with E-state index in [1.807, 2.05) is 0 Å². The number of benzene rings is 1. The fraction of sp³-hybridized carbons (Fsp3) is 0.667. The Labute approximate surface area is 158 Å². The average Bonchev–Trinajstić information content (AvgIpc) is 3.04. The molecule has 0 aromatic heterocycles. The van der Waals surface area contributed by atoms with E-state index in [2.05, 4.69) is 5.32 Å². The zero-order valence-electron chi connectivity index (χ0n) is 14.9. The molecule has 4 fully saturated rings. The minimum Gasteiger partial charge on any atom is -0.381 e. The molecule has 1 aromatic carbocycles. The number of nitro groups is 1. The molecule has 3 aliphatic carbocycles. The van der Waals surface area contributed by atoms with Crippen LogP contribution in [0.2, 0.25) is 0 Å². The fourth-order valence-electron chi connectivity index (χ4n) is 5.58. The second kappa shape index (κ2) is 6.15. The number of nitro benzene ring substituents is 1. The van der Waals surface area contributed by atoms with Gasteiger partial charge < -0.3 is 10.1 Å². The lowest BCUT2D eigenvalue weighted by atomic mass is 10.0. The first-order chi connectivity index (χ1) is 13.0.